The van der Waals surface area contributed by atoms with Crippen LogP contribution < -0.4 is 10.6 Å². The lowest BCUT2D eigenvalue weighted by Crippen LogP contribution is -2.73. The number of carbonyl (C=O) groups is 2. The largest absolute Gasteiger partial charge is 0.508 e. The lowest BCUT2D eigenvalue weighted by Gasteiger charge is -2.49. The molecule has 0 bridgehead atoms. The van der Waals surface area contributed by atoms with Gasteiger partial charge in [0, 0.05) is 11.3 Å². The number of nitrogens with one attached hydrogen (secondary N) is 2. The van der Waals surface area contributed by atoms with Crippen LogP contribution in [0.15, 0.2) is 115 Å². The van der Waals surface area contributed by atoms with Gasteiger partial charge in [0.2, 0.25) is 11.8 Å². The Morgan fingerprint density at radius 1 is 0.829 bits per heavy atom. The maximum absolute atomic E-state index is 14.0. The fourth-order valence-electron chi connectivity index (χ4n) is 6.12. The van der Waals surface area contributed by atoms with E-state index in [9.17, 15) is 14.7 Å². The number of fused-ring (bicyclic) bond motifs is 1. The molecule has 2 aliphatic rings. The summed E-state index contributed by atoms with van der Waals surface area (Å²) in [5.74, 6) is -0.0751. The molecule has 2 fully saturated rings. The molecule has 2 aliphatic heterocycles. The number of phenolic OH excluding ortho intramolecular Hbond substituents is 1. The smallest absolute Gasteiger partial charge is 0.244 e. The van der Waals surface area contributed by atoms with Crippen molar-refractivity contribution < 1.29 is 14.7 Å². The van der Waals surface area contributed by atoms with Crippen molar-refractivity contribution in [3.05, 3.63) is 138 Å². The maximum atomic E-state index is 14.0. The van der Waals surface area contributed by atoms with E-state index in [-0.39, 0.29) is 22.9 Å². The molecule has 41 heavy (non-hydrogen) atoms. The Hall–Kier alpha value is -4.07. The molecule has 2 heterocycles. The van der Waals surface area contributed by atoms with Gasteiger partial charge < -0.3 is 15.3 Å². The molecule has 3 atom stereocenters. The van der Waals surface area contributed by atoms with Crippen molar-refractivity contribution in [1.82, 2.24) is 15.5 Å². The van der Waals surface area contributed by atoms with E-state index in [1.165, 1.54) is 0 Å². The van der Waals surface area contributed by atoms with Crippen molar-refractivity contribution in [3.8, 4) is 5.75 Å². The van der Waals surface area contributed by atoms with Gasteiger partial charge in [-0.3, -0.25) is 14.9 Å². The summed E-state index contributed by atoms with van der Waals surface area (Å²) in [5.41, 5.74) is 3.21. The van der Waals surface area contributed by atoms with Gasteiger partial charge in [0.05, 0.1) is 5.54 Å². The molecule has 3 N–H and O–H groups in total. The Kier molecular flexibility index (Phi) is 7.09. The number of aromatic hydroxyl groups is 1. The number of hydrogen-bond acceptors (Lipinski definition) is 5. The SMILES string of the molecule is CC1(C)S[C@@H]2C(NC(c3ccccc3)(c3ccccc3)c3ccccc3)C(=O)N2C1C(=O)NCc1ccc(O)cc1. The molecule has 0 aromatic heterocycles. The second-order valence-electron chi connectivity index (χ2n) is 11.1. The van der Waals surface area contributed by atoms with Gasteiger partial charge in [-0.1, -0.05) is 103 Å². The highest BCUT2D eigenvalue weighted by Crippen LogP contribution is 2.52. The van der Waals surface area contributed by atoms with Crippen LogP contribution in [0.1, 0.15) is 36.1 Å². The quantitative estimate of drug-likeness (QED) is 0.207. The molecule has 2 unspecified atom stereocenters. The second kappa shape index (κ2) is 10.7. The minimum absolute atomic E-state index is 0.0787. The Morgan fingerprint density at radius 2 is 1.32 bits per heavy atom. The van der Waals surface area contributed by atoms with E-state index in [0.29, 0.717) is 6.54 Å². The Balaban J connectivity index is 1.32. The van der Waals surface area contributed by atoms with E-state index in [1.807, 2.05) is 68.4 Å². The van der Waals surface area contributed by atoms with Crippen LogP contribution in [0.3, 0.4) is 0 Å². The van der Waals surface area contributed by atoms with Gasteiger partial charge in [0.15, 0.2) is 0 Å². The highest BCUT2D eigenvalue weighted by Gasteiger charge is 2.64. The number of rotatable bonds is 8. The van der Waals surface area contributed by atoms with Crippen molar-refractivity contribution in [3.63, 3.8) is 0 Å². The summed E-state index contributed by atoms with van der Waals surface area (Å²) in [6.45, 7) is 4.39. The lowest BCUT2D eigenvalue weighted by molar-refractivity contribution is -0.154. The minimum atomic E-state index is -0.778. The molecule has 208 valence electrons. The molecule has 0 radical (unpaired) electrons. The van der Waals surface area contributed by atoms with Gasteiger partial charge in [-0.05, 0) is 48.2 Å². The fourth-order valence-corrected chi connectivity index (χ4v) is 7.75. The van der Waals surface area contributed by atoms with Crippen LogP contribution in [0, 0.1) is 0 Å². The molecule has 6 rings (SSSR count). The molecule has 7 heteroatoms. The van der Waals surface area contributed by atoms with Crippen LogP contribution in [0.25, 0.3) is 0 Å². The first-order valence-corrected chi connectivity index (χ1v) is 14.7. The Labute approximate surface area is 244 Å². The van der Waals surface area contributed by atoms with E-state index in [4.69, 9.17) is 0 Å². The van der Waals surface area contributed by atoms with E-state index in [0.717, 1.165) is 22.3 Å². The van der Waals surface area contributed by atoms with Crippen LogP contribution in [-0.4, -0.2) is 44.0 Å². The third kappa shape index (κ3) is 4.79. The molecular weight excluding hydrogens is 530 g/mol. The molecule has 2 amide bonds. The van der Waals surface area contributed by atoms with Crippen LogP contribution in [0.2, 0.25) is 0 Å². The summed E-state index contributed by atoms with van der Waals surface area (Å²) in [4.78, 5) is 29.2. The lowest BCUT2D eigenvalue weighted by atomic mass is 9.76. The molecule has 4 aromatic rings. The predicted octanol–water partition coefficient (Wildman–Crippen LogP) is 5.02. The van der Waals surface area contributed by atoms with Crippen molar-refractivity contribution >= 4 is 23.6 Å². The number of thioether (sulfide) groups is 1. The molecule has 0 aliphatic carbocycles. The standard InChI is InChI=1S/C34H33N3O3S/c1-33(2)29(30(39)35-22-23-18-20-27(38)21-19-23)37-31(40)28(32(37)41-33)36-34(24-12-6-3-7-13-24,25-14-8-4-9-15-25)26-16-10-5-11-17-26/h3-21,28-29,32,36,38H,22H2,1-2H3,(H,35,39)/t28?,29?,32-/m1/s1. The summed E-state index contributed by atoms with van der Waals surface area (Å²) in [6.07, 6.45) is 0. The van der Waals surface area contributed by atoms with Crippen LogP contribution in [0.4, 0.5) is 0 Å². The molecule has 4 aromatic carbocycles. The average Bonchev–Trinajstić information content (AvgIpc) is 3.26. The van der Waals surface area contributed by atoms with Crippen LogP contribution in [0.5, 0.6) is 5.75 Å². The van der Waals surface area contributed by atoms with Crippen molar-refractivity contribution in [1.29, 1.82) is 0 Å². The maximum Gasteiger partial charge on any atom is 0.244 e. The fraction of sp³-hybridized carbons (Fsp3) is 0.235. The van der Waals surface area contributed by atoms with E-state index in [2.05, 4.69) is 47.0 Å². The number of hydrogen-bond donors (Lipinski definition) is 3. The van der Waals surface area contributed by atoms with Gasteiger partial charge in [-0.25, -0.2) is 0 Å². The monoisotopic (exact) mass is 563 g/mol. The van der Waals surface area contributed by atoms with Gasteiger partial charge in [0.1, 0.15) is 23.2 Å². The normalized spacial score (nSPS) is 21.2. The van der Waals surface area contributed by atoms with Gasteiger partial charge in [0.25, 0.3) is 0 Å². The zero-order valence-corrected chi connectivity index (χ0v) is 23.8. The van der Waals surface area contributed by atoms with Crippen molar-refractivity contribution in [2.45, 2.75) is 48.1 Å². The third-order valence-corrected chi connectivity index (χ3v) is 9.66. The van der Waals surface area contributed by atoms with Gasteiger partial charge in [-0.15, -0.1) is 11.8 Å². The van der Waals surface area contributed by atoms with Crippen molar-refractivity contribution in [2.75, 3.05) is 0 Å². The molecule has 0 spiro atoms. The Morgan fingerprint density at radius 3 is 1.80 bits per heavy atom. The third-order valence-electron chi connectivity index (χ3n) is 8.08. The number of phenols is 1. The molecular formula is C34H33N3O3S. The van der Waals surface area contributed by atoms with Crippen LogP contribution >= 0.6 is 11.8 Å². The summed E-state index contributed by atoms with van der Waals surface area (Å²) < 4.78 is -0.481. The number of amides is 2. The zero-order valence-electron chi connectivity index (χ0n) is 23.0. The zero-order chi connectivity index (χ0) is 28.6. The molecule has 0 saturated carbocycles. The van der Waals surface area contributed by atoms with E-state index < -0.39 is 22.4 Å². The number of carbonyl (C=O) groups excluding carboxylic acids is 2. The average molecular weight is 564 g/mol. The summed E-state index contributed by atoms with van der Waals surface area (Å²) >= 11 is 1.66. The van der Waals surface area contributed by atoms with Crippen LogP contribution in [-0.2, 0) is 21.7 Å². The predicted molar refractivity (Wildman–Crippen MR) is 162 cm³/mol. The highest BCUT2D eigenvalue weighted by atomic mass is 32.2. The molecule has 6 nitrogen and oxygen atoms in total. The number of nitrogens with zero attached hydrogens (tertiary/aromatic N) is 1. The van der Waals surface area contributed by atoms with Gasteiger partial charge >= 0.3 is 0 Å². The minimum Gasteiger partial charge on any atom is -0.508 e. The first kappa shape index (κ1) is 27.1. The molecule has 2 saturated heterocycles. The topological polar surface area (TPSA) is 81.7 Å². The first-order valence-electron chi connectivity index (χ1n) is 13.8. The highest BCUT2D eigenvalue weighted by molar-refractivity contribution is 8.01. The van der Waals surface area contributed by atoms with Crippen molar-refractivity contribution in [2.24, 2.45) is 0 Å². The number of benzene rings is 4. The summed E-state index contributed by atoms with van der Waals surface area (Å²) in [6, 6.07) is 36.4. The van der Waals surface area contributed by atoms with Gasteiger partial charge in [-0.2, -0.15) is 0 Å². The second-order valence-corrected chi connectivity index (χ2v) is 12.9. The Bertz CT molecular complexity index is 1430. The van der Waals surface area contributed by atoms with E-state index in [1.54, 1.807) is 40.9 Å². The first-order chi connectivity index (χ1) is 19.8. The summed E-state index contributed by atoms with van der Waals surface area (Å²) in [5, 5.41) is 16.2. The number of β-lactam (4-membered cyclic amide) rings is 1. The summed E-state index contributed by atoms with van der Waals surface area (Å²) in [7, 11) is 0. The van der Waals surface area contributed by atoms with E-state index >= 15 is 0 Å².